The summed E-state index contributed by atoms with van der Waals surface area (Å²) in [6, 6.07) is 1.89. The molecule has 1 amide bonds. The lowest BCUT2D eigenvalue weighted by Crippen LogP contribution is -2.37. The summed E-state index contributed by atoms with van der Waals surface area (Å²) in [6.07, 6.45) is 3.37. The molecule has 21 heavy (non-hydrogen) atoms. The van der Waals surface area contributed by atoms with Gasteiger partial charge in [-0.3, -0.25) is 9.69 Å². The number of sulfonamides is 1. The predicted octanol–water partition coefficient (Wildman–Crippen LogP) is 0.656. The molecule has 1 aromatic heterocycles. The number of carbonyl (C=O) groups is 1. The molecule has 2 aliphatic rings. The number of primary sulfonamides is 1. The van der Waals surface area contributed by atoms with Crippen LogP contribution in [0.2, 0.25) is 0 Å². The summed E-state index contributed by atoms with van der Waals surface area (Å²) in [6.45, 7) is 1.82. The highest BCUT2D eigenvalue weighted by atomic mass is 79.9. The average Bonchev–Trinajstić information content (AvgIpc) is 2.99. The Morgan fingerprint density at radius 1 is 1.43 bits per heavy atom. The summed E-state index contributed by atoms with van der Waals surface area (Å²) in [4.78, 5) is 14.3. The third-order valence-electron chi connectivity index (χ3n) is 3.80. The molecule has 2 heterocycles. The van der Waals surface area contributed by atoms with Crippen LogP contribution < -0.4 is 10.5 Å². The molecule has 1 aliphatic carbocycles. The Labute approximate surface area is 131 Å². The van der Waals surface area contributed by atoms with Gasteiger partial charge in [0.15, 0.2) is 10.4 Å². The van der Waals surface area contributed by atoms with Crippen molar-refractivity contribution in [2.24, 2.45) is 5.14 Å². The van der Waals surface area contributed by atoms with Crippen LogP contribution in [0.5, 0.6) is 0 Å². The van der Waals surface area contributed by atoms with Crippen molar-refractivity contribution in [3.05, 3.63) is 16.5 Å². The minimum atomic E-state index is -3.91. The van der Waals surface area contributed by atoms with Gasteiger partial charge in [0.2, 0.25) is 10.0 Å². The number of rotatable bonds is 4. The molecule has 1 atom stereocenters. The Kier molecular flexibility index (Phi) is 3.85. The lowest BCUT2D eigenvalue weighted by Gasteiger charge is -2.15. The Hall–Kier alpha value is -0.900. The van der Waals surface area contributed by atoms with Crippen LogP contribution in [-0.4, -0.2) is 44.4 Å². The molecular formula is C12H16BrN3O4S. The summed E-state index contributed by atoms with van der Waals surface area (Å²) < 4.78 is 27.7. The minimum Gasteiger partial charge on any atom is -0.443 e. The van der Waals surface area contributed by atoms with Gasteiger partial charge in [-0.1, -0.05) is 0 Å². The van der Waals surface area contributed by atoms with E-state index in [1.54, 1.807) is 0 Å². The zero-order valence-electron chi connectivity index (χ0n) is 11.2. The van der Waals surface area contributed by atoms with E-state index in [4.69, 9.17) is 9.56 Å². The highest BCUT2D eigenvalue weighted by Gasteiger charge is 2.35. The lowest BCUT2D eigenvalue weighted by atomic mass is 10.2. The van der Waals surface area contributed by atoms with Crippen molar-refractivity contribution < 1.29 is 17.6 Å². The van der Waals surface area contributed by atoms with Crippen molar-refractivity contribution in [3.8, 4) is 0 Å². The molecule has 3 N–H and O–H groups in total. The van der Waals surface area contributed by atoms with Crippen LogP contribution in [-0.2, 0) is 10.0 Å². The van der Waals surface area contributed by atoms with E-state index in [-0.39, 0.29) is 21.4 Å². The Morgan fingerprint density at radius 2 is 2.14 bits per heavy atom. The molecule has 7 nitrogen and oxygen atoms in total. The van der Waals surface area contributed by atoms with Gasteiger partial charge in [-0.2, -0.15) is 0 Å². The molecule has 9 heteroatoms. The van der Waals surface area contributed by atoms with Gasteiger partial charge in [0.05, 0.1) is 0 Å². The van der Waals surface area contributed by atoms with Gasteiger partial charge in [-0.15, -0.1) is 0 Å². The van der Waals surface area contributed by atoms with Crippen LogP contribution in [0.25, 0.3) is 0 Å². The molecular weight excluding hydrogens is 362 g/mol. The fourth-order valence-electron chi connectivity index (χ4n) is 2.59. The van der Waals surface area contributed by atoms with E-state index in [1.807, 2.05) is 0 Å². The molecule has 1 unspecified atom stereocenters. The topological polar surface area (TPSA) is 106 Å². The number of likely N-dealkylation sites (tertiary alicyclic amines) is 1. The van der Waals surface area contributed by atoms with Gasteiger partial charge in [0.25, 0.3) is 5.91 Å². The number of furan rings is 1. The van der Waals surface area contributed by atoms with Crippen molar-refractivity contribution >= 4 is 31.9 Å². The normalized spacial score (nSPS) is 23.4. The van der Waals surface area contributed by atoms with Crippen LogP contribution in [0.4, 0.5) is 0 Å². The second-order valence-corrected chi connectivity index (χ2v) is 7.73. The van der Waals surface area contributed by atoms with E-state index in [1.165, 1.54) is 12.8 Å². The number of halogens is 1. The Morgan fingerprint density at radius 3 is 2.71 bits per heavy atom. The molecule has 1 saturated heterocycles. The molecule has 0 spiro atoms. The summed E-state index contributed by atoms with van der Waals surface area (Å²) in [5.41, 5.74) is 0. The van der Waals surface area contributed by atoms with Gasteiger partial charge in [0.1, 0.15) is 4.90 Å². The average molecular weight is 378 g/mol. The monoisotopic (exact) mass is 377 g/mol. The molecule has 116 valence electrons. The van der Waals surface area contributed by atoms with Crippen LogP contribution in [0, 0.1) is 0 Å². The smallest absolute Gasteiger partial charge is 0.287 e. The number of carbonyl (C=O) groups excluding carboxylic acids is 1. The maximum atomic E-state index is 12.1. The number of hydrogen-bond donors (Lipinski definition) is 2. The first-order chi connectivity index (χ1) is 9.84. The minimum absolute atomic E-state index is 0.0545. The van der Waals surface area contributed by atoms with Crippen molar-refractivity contribution in [1.29, 1.82) is 0 Å². The van der Waals surface area contributed by atoms with Crippen molar-refractivity contribution in [2.75, 3.05) is 13.1 Å². The number of nitrogens with one attached hydrogen (secondary N) is 1. The molecule has 1 aromatic rings. The van der Waals surface area contributed by atoms with E-state index in [2.05, 4.69) is 26.1 Å². The van der Waals surface area contributed by atoms with Gasteiger partial charge in [0, 0.05) is 31.2 Å². The maximum Gasteiger partial charge on any atom is 0.287 e. The Balaban J connectivity index is 1.66. The first kappa shape index (κ1) is 15.0. The van der Waals surface area contributed by atoms with Crippen LogP contribution in [0.3, 0.4) is 0 Å². The van der Waals surface area contributed by atoms with Gasteiger partial charge >= 0.3 is 0 Å². The third kappa shape index (κ3) is 3.31. The van der Waals surface area contributed by atoms with Crippen LogP contribution in [0.15, 0.2) is 20.0 Å². The highest BCUT2D eigenvalue weighted by molar-refractivity contribution is 9.10. The first-order valence-electron chi connectivity index (χ1n) is 6.71. The maximum absolute atomic E-state index is 12.1. The number of hydrogen-bond acceptors (Lipinski definition) is 5. The largest absolute Gasteiger partial charge is 0.443 e. The second kappa shape index (κ2) is 5.38. The van der Waals surface area contributed by atoms with Gasteiger partial charge < -0.3 is 9.73 Å². The van der Waals surface area contributed by atoms with E-state index in [0.717, 1.165) is 25.6 Å². The first-order valence-corrected chi connectivity index (χ1v) is 9.05. The summed E-state index contributed by atoms with van der Waals surface area (Å²) in [5.74, 6) is -0.482. The van der Waals surface area contributed by atoms with Crippen LogP contribution in [0.1, 0.15) is 29.8 Å². The predicted molar refractivity (Wildman–Crippen MR) is 78.2 cm³/mol. The number of amides is 1. The summed E-state index contributed by atoms with van der Waals surface area (Å²) in [7, 11) is -3.91. The van der Waals surface area contributed by atoms with Gasteiger partial charge in [-0.05, 0) is 35.2 Å². The summed E-state index contributed by atoms with van der Waals surface area (Å²) in [5, 5.41) is 7.91. The summed E-state index contributed by atoms with van der Waals surface area (Å²) >= 11 is 2.96. The zero-order valence-corrected chi connectivity index (χ0v) is 13.6. The highest BCUT2D eigenvalue weighted by Crippen LogP contribution is 2.30. The van der Waals surface area contributed by atoms with E-state index in [0.29, 0.717) is 6.04 Å². The lowest BCUT2D eigenvalue weighted by molar-refractivity contribution is 0.0908. The zero-order chi connectivity index (χ0) is 15.2. The molecule has 1 aliphatic heterocycles. The molecule has 3 rings (SSSR count). The quantitative estimate of drug-likeness (QED) is 0.801. The second-order valence-electron chi connectivity index (χ2n) is 5.48. The molecule has 1 saturated carbocycles. The van der Waals surface area contributed by atoms with E-state index in [9.17, 15) is 13.2 Å². The van der Waals surface area contributed by atoms with Crippen LogP contribution >= 0.6 is 15.9 Å². The fourth-order valence-corrected chi connectivity index (χ4v) is 4.09. The molecule has 0 aromatic carbocycles. The fraction of sp³-hybridized carbons (Fsp3) is 0.583. The van der Waals surface area contributed by atoms with E-state index >= 15 is 0 Å². The van der Waals surface area contributed by atoms with Crippen molar-refractivity contribution in [1.82, 2.24) is 10.2 Å². The third-order valence-corrected chi connectivity index (χ3v) is 5.57. The molecule has 0 bridgehead atoms. The standard InChI is InChI=1S/C12H16BrN3O4S/c13-11-10(21(14,18)19)5-9(20-11)12(17)15-7-3-4-16(6-7)8-1-2-8/h5,7-8H,1-4,6H2,(H,15,17)(H2,14,18,19). The van der Waals surface area contributed by atoms with Crippen molar-refractivity contribution in [3.63, 3.8) is 0 Å². The molecule has 2 fully saturated rings. The number of nitrogens with zero attached hydrogens (tertiary/aromatic N) is 1. The number of nitrogens with two attached hydrogens (primary N) is 1. The SMILES string of the molecule is NS(=O)(=O)c1cc(C(=O)NC2CCN(C3CC3)C2)oc1Br. The van der Waals surface area contributed by atoms with Crippen molar-refractivity contribution in [2.45, 2.75) is 36.2 Å². The molecule has 0 radical (unpaired) electrons. The van der Waals surface area contributed by atoms with E-state index < -0.39 is 15.9 Å². The van der Waals surface area contributed by atoms with Gasteiger partial charge in [-0.25, -0.2) is 13.6 Å². The Bertz CT molecular complexity index is 668.